The van der Waals surface area contributed by atoms with Crippen LogP contribution in [0.15, 0.2) is 34.9 Å². The van der Waals surface area contributed by atoms with E-state index >= 15 is 0 Å². The molecular formula is C13H9BrClN3. The molecule has 0 radical (unpaired) electrons. The molecule has 90 valence electrons. The Bertz CT molecular complexity index is 635. The van der Waals surface area contributed by atoms with E-state index in [1.54, 1.807) is 24.4 Å². The molecule has 2 aromatic rings. The van der Waals surface area contributed by atoms with Gasteiger partial charge in [0.15, 0.2) is 0 Å². The van der Waals surface area contributed by atoms with Crippen LogP contribution in [0, 0.1) is 18.3 Å². The normalized spacial score (nSPS) is 9.89. The third-order valence-electron chi connectivity index (χ3n) is 2.43. The summed E-state index contributed by atoms with van der Waals surface area (Å²) in [5.41, 5.74) is 2.44. The molecule has 0 aliphatic rings. The largest absolute Gasteiger partial charge is 0.339 e. The number of pyridine rings is 1. The molecule has 0 fully saturated rings. The van der Waals surface area contributed by atoms with Crippen molar-refractivity contribution in [2.75, 3.05) is 5.32 Å². The van der Waals surface area contributed by atoms with E-state index in [-0.39, 0.29) is 0 Å². The molecule has 0 spiro atoms. The SMILES string of the molecule is Cc1ccc(C#N)cc1Nc1ncc(Br)cc1Cl. The molecule has 1 aromatic carbocycles. The number of rotatable bonds is 2. The van der Waals surface area contributed by atoms with Crippen LogP contribution in [0.3, 0.4) is 0 Å². The second-order valence-corrected chi connectivity index (χ2v) is 5.07. The topological polar surface area (TPSA) is 48.7 Å². The molecule has 1 heterocycles. The first kappa shape index (κ1) is 12.9. The van der Waals surface area contributed by atoms with Crippen molar-refractivity contribution in [1.29, 1.82) is 5.26 Å². The molecule has 5 heteroatoms. The highest BCUT2D eigenvalue weighted by molar-refractivity contribution is 9.10. The maximum absolute atomic E-state index is 8.88. The number of aromatic nitrogens is 1. The van der Waals surface area contributed by atoms with Gasteiger partial charge in [-0.1, -0.05) is 17.7 Å². The summed E-state index contributed by atoms with van der Waals surface area (Å²) in [6.07, 6.45) is 1.66. The van der Waals surface area contributed by atoms with Crippen LogP contribution < -0.4 is 5.32 Å². The molecule has 0 aliphatic carbocycles. The van der Waals surface area contributed by atoms with Gasteiger partial charge in [-0.15, -0.1) is 0 Å². The number of halogens is 2. The lowest BCUT2D eigenvalue weighted by atomic mass is 10.1. The van der Waals surface area contributed by atoms with Crippen LogP contribution in [0.5, 0.6) is 0 Å². The predicted octanol–water partition coefficient (Wildman–Crippen LogP) is 4.42. The summed E-state index contributed by atoms with van der Waals surface area (Å²) in [4.78, 5) is 4.20. The first-order valence-electron chi connectivity index (χ1n) is 5.19. The summed E-state index contributed by atoms with van der Waals surface area (Å²) >= 11 is 9.39. The molecule has 1 N–H and O–H groups in total. The third kappa shape index (κ3) is 2.81. The number of anilines is 2. The fourth-order valence-corrected chi connectivity index (χ4v) is 2.14. The zero-order valence-corrected chi connectivity index (χ0v) is 11.9. The molecule has 1 aromatic heterocycles. The minimum atomic E-state index is 0.520. The summed E-state index contributed by atoms with van der Waals surface area (Å²) in [5, 5.41) is 12.5. The van der Waals surface area contributed by atoms with E-state index in [4.69, 9.17) is 16.9 Å². The maximum atomic E-state index is 8.88. The molecule has 0 saturated heterocycles. The van der Waals surface area contributed by atoms with E-state index in [1.165, 1.54) is 0 Å². The summed E-state index contributed by atoms with van der Waals surface area (Å²) < 4.78 is 0.820. The second-order valence-electron chi connectivity index (χ2n) is 3.75. The first-order chi connectivity index (χ1) is 8.60. The lowest BCUT2D eigenvalue weighted by Gasteiger charge is -2.10. The monoisotopic (exact) mass is 321 g/mol. The van der Waals surface area contributed by atoms with E-state index in [0.29, 0.717) is 16.4 Å². The van der Waals surface area contributed by atoms with Crippen LogP contribution in [0.1, 0.15) is 11.1 Å². The van der Waals surface area contributed by atoms with Crippen molar-refractivity contribution >= 4 is 39.0 Å². The molecule has 18 heavy (non-hydrogen) atoms. The number of nitriles is 1. The van der Waals surface area contributed by atoms with E-state index in [2.05, 4.69) is 32.3 Å². The Morgan fingerprint density at radius 1 is 1.39 bits per heavy atom. The minimum Gasteiger partial charge on any atom is -0.339 e. The molecule has 0 unspecified atom stereocenters. The summed E-state index contributed by atoms with van der Waals surface area (Å²) in [6.45, 7) is 1.95. The average molecular weight is 323 g/mol. The van der Waals surface area contributed by atoms with Gasteiger partial charge in [-0.25, -0.2) is 4.98 Å². The Kier molecular flexibility index (Phi) is 3.85. The smallest absolute Gasteiger partial charge is 0.149 e. The molecule has 3 nitrogen and oxygen atoms in total. The van der Waals surface area contributed by atoms with Gasteiger partial charge in [0.25, 0.3) is 0 Å². The van der Waals surface area contributed by atoms with Crippen LogP contribution in [0.25, 0.3) is 0 Å². The van der Waals surface area contributed by atoms with Crippen LogP contribution in [-0.2, 0) is 0 Å². The molecule has 0 atom stereocenters. The van der Waals surface area contributed by atoms with Crippen molar-refractivity contribution in [3.05, 3.63) is 51.1 Å². The number of hydrogen-bond acceptors (Lipinski definition) is 3. The Labute approximate surface area is 119 Å². The first-order valence-corrected chi connectivity index (χ1v) is 6.36. The maximum Gasteiger partial charge on any atom is 0.149 e. The summed E-state index contributed by atoms with van der Waals surface area (Å²) in [6, 6.07) is 9.30. The molecule has 0 bridgehead atoms. The van der Waals surface area contributed by atoms with Crippen LogP contribution >= 0.6 is 27.5 Å². The van der Waals surface area contributed by atoms with Crippen molar-refractivity contribution in [1.82, 2.24) is 4.98 Å². The number of aryl methyl sites for hydroxylation is 1. The molecular weight excluding hydrogens is 314 g/mol. The van der Waals surface area contributed by atoms with Crippen LogP contribution in [0.2, 0.25) is 5.02 Å². The molecule has 2 rings (SSSR count). The Balaban J connectivity index is 2.37. The van der Waals surface area contributed by atoms with Gasteiger partial charge in [0.05, 0.1) is 16.7 Å². The summed E-state index contributed by atoms with van der Waals surface area (Å²) in [5.74, 6) is 0.568. The van der Waals surface area contributed by atoms with Gasteiger partial charge in [0.2, 0.25) is 0 Å². The minimum absolute atomic E-state index is 0.520. The van der Waals surface area contributed by atoms with Gasteiger partial charge in [-0.05, 0) is 46.6 Å². The fourth-order valence-electron chi connectivity index (χ4n) is 1.46. The van der Waals surface area contributed by atoms with Gasteiger partial charge < -0.3 is 5.32 Å². The van der Waals surface area contributed by atoms with Crippen molar-refractivity contribution in [3.8, 4) is 6.07 Å². The van der Waals surface area contributed by atoms with Crippen molar-refractivity contribution in [2.24, 2.45) is 0 Å². The third-order valence-corrected chi connectivity index (χ3v) is 3.15. The van der Waals surface area contributed by atoms with Crippen LogP contribution in [0.4, 0.5) is 11.5 Å². The zero-order chi connectivity index (χ0) is 13.1. The highest BCUT2D eigenvalue weighted by Crippen LogP contribution is 2.27. The van der Waals surface area contributed by atoms with Gasteiger partial charge in [0.1, 0.15) is 5.82 Å². The number of benzene rings is 1. The standard InChI is InChI=1S/C13H9BrClN3/c1-8-2-3-9(6-16)4-12(8)18-13-11(15)5-10(14)7-17-13/h2-5,7H,1H3,(H,17,18). The van der Waals surface area contributed by atoms with Gasteiger partial charge in [-0.2, -0.15) is 5.26 Å². The Hall–Kier alpha value is -1.57. The van der Waals surface area contributed by atoms with Gasteiger partial charge in [-0.3, -0.25) is 0 Å². The quantitative estimate of drug-likeness (QED) is 0.890. The van der Waals surface area contributed by atoms with Crippen molar-refractivity contribution < 1.29 is 0 Å². The van der Waals surface area contributed by atoms with Crippen LogP contribution in [-0.4, -0.2) is 4.98 Å². The van der Waals surface area contributed by atoms with Gasteiger partial charge >= 0.3 is 0 Å². The molecule has 0 amide bonds. The Morgan fingerprint density at radius 3 is 2.83 bits per heavy atom. The Morgan fingerprint density at radius 2 is 2.17 bits per heavy atom. The van der Waals surface area contributed by atoms with Crippen molar-refractivity contribution in [2.45, 2.75) is 6.92 Å². The fraction of sp³-hybridized carbons (Fsp3) is 0.0769. The van der Waals surface area contributed by atoms with E-state index in [1.807, 2.05) is 13.0 Å². The number of nitrogens with zero attached hydrogens (tertiary/aromatic N) is 2. The number of hydrogen-bond donors (Lipinski definition) is 1. The number of nitrogens with one attached hydrogen (secondary N) is 1. The highest BCUT2D eigenvalue weighted by atomic mass is 79.9. The van der Waals surface area contributed by atoms with E-state index < -0.39 is 0 Å². The zero-order valence-electron chi connectivity index (χ0n) is 9.54. The van der Waals surface area contributed by atoms with Gasteiger partial charge in [0, 0.05) is 16.4 Å². The average Bonchev–Trinajstić information content (AvgIpc) is 2.35. The molecule has 0 aliphatic heterocycles. The molecule has 0 saturated carbocycles. The highest BCUT2D eigenvalue weighted by Gasteiger charge is 2.06. The van der Waals surface area contributed by atoms with E-state index in [9.17, 15) is 0 Å². The lowest BCUT2D eigenvalue weighted by Crippen LogP contribution is -1.97. The van der Waals surface area contributed by atoms with Crippen molar-refractivity contribution in [3.63, 3.8) is 0 Å². The lowest BCUT2D eigenvalue weighted by molar-refractivity contribution is 1.28. The second kappa shape index (κ2) is 5.38. The summed E-state index contributed by atoms with van der Waals surface area (Å²) in [7, 11) is 0. The predicted molar refractivity (Wildman–Crippen MR) is 76.1 cm³/mol. The van der Waals surface area contributed by atoms with E-state index in [0.717, 1.165) is 15.7 Å².